The van der Waals surface area contributed by atoms with E-state index in [-0.39, 0.29) is 17.4 Å². The molecule has 1 saturated heterocycles. The number of likely N-dealkylation sites (tertiary alicyclic amines) is 1. The molecular formula is C29H36N2O5. The maximum absolute atomic E-state index is 13.2. The summed E-state index contributed by atoms with van der Waals surface area (Å²) < 4.78 is 11.3. The number of hydrogen-bond acceptors (Lipinski definition) is 6. The van der Waals surface area contributed by atoms with Gasteiger partial charge in [0.2, 0.25) is 0 Å². The van der Waals surface area contributed by atoms with Crippen LogP contribution in [0.1, 0.15) is 44.9 Å². The van der Waals surface area contributed by atoms with Crippen LogP contribution in [0.3, 0.4) is 0 Å². The van der Waals surface area contributed by atoms with E-state index in [0.29, 0.717) is 36.8 Å². The van der Waals surface area contributed by atoms with Crippen molar-refractivity contribution in [1.82, 2.24) is 9.80 Å². The molecule has 2 aromatic carbocycles. The highest BCUT2D eigenvalue weighted by Gasteiger charge is 2.46. The van der Waals surface area contributed by atoms with Crippen molar-refractivity contribution in [2.45, 2.75) is 39.8 Å². The summed E-state index contributed by atoms with van der Waals surface area (Å²) in [4.78, 5) is 30.1. The zero-order chi connectivity index (χ0) is 26.2. The number of Topliss-reactive ketones (excluding diaryl/α,β-unsaturated/α-hetero) is 1. The zero-order valence-corrected chi connectivity index (χ0v) is 21.6. The predicted molar refractivity (Wildman–Crippen MR) is 141 cm³/mol. The van der Waals surface area contributed by atoms with Crippen LogP contribution >= 0.6 is 0 Å². The van der Waals surface area contributed by atoms with Crippen molar-refractivity contribution < 1.29 is 24.2 Å². The SMILES string of the molecule is C=CCOc1ccc(C2C(=C(O)c3ccc(OC(C)C)cc3)C(=O)C(=O)N2CCN(CC)CC)cc1. The molecule has 7 nitrogen and oxygen atoms in total. The van der Waals surface area contributed by atoms with E-state index in [1.807, 2.05) is 26.0 Å². The Hall–Kier alpha value is -3.58. The maximum Gasteiger partial charge on any atom is 0.295 e. The normalized spacial score (nSPS) is 17.2. The molecule has 1 aliphatic rings. The first-order valence-corrected chi connectivity index (χ1v) is 12.4. The minimum absolute atomic E-state index is 0.0130. The monoisotopic (exact) mass is 492 g/mol. The molecule has 1 unspecified atom stereocenters. The Morgan fingerprint density at radius 3 is 2.22 bits per heavy atom. The second-order valence-electron chi connectivity index (χ2n) is 8.88. The predicted octanol–water partition coefficient (Wildman–Crippen LogP) is 4.80. The summed E-state index contributed by atoms with van der Waals surface area (Å²) in [6, 6.07) is 13.4. The third-order valence-corrected chi connectivity index (χ3v) is 6.15. The van der Waals surface area contributed by atoms with Gasteiger partial charge in [-0.25, -0.2) is 0 Å². The van der Waals surface area contributed by atoms with Crippen LogP contribution in [0.5, 0.6) is 11.5 Å². The van der Waals surface area contributed by atoms with Crippen molar-refractivity contribution in [3.05, 3.63) is 77.9 Å². The minimum atomic E-state index is -0.708. The van der Waals surface area contributed by atoms with Crippen LogP contribution in [0.15, 0.2) is 66.8 Å². The topological polar surface area (TPSA) is 79.3 Å². The number of aliphatic hydroxyl groups excluding tert-OH is 1. The fraction of sp³-hybridized carbons (Fsp3) is 0.379. The standard InChI is InChI=1S/C29H36N2O5/c1-6-19-35-23-13-9-21(10-14-23)26-25(27(32)22-11-15-24(16-12-22)36-20(4)5)28(33)29(34)31(26)18-17-30(7-2)8-3/h6,9-16,20,26,32H,1,7-8,17-19H2,2-5H3. The molecule has 1 aliphatic heterocycles. The van der Waals surface area contributed by atoms with Gasteiger partial charge >= 0.3 is 0 Å². The lowest BCUT2D eigenvalue weighted by Crippen LogP contribution is -2.38. The van der Waals surface area contributed by atoms with Crippen molar-refractivity contribution in [2.24, 2.45) is 0 Å². The average molecular weight is 493 g/mol. The molecule has 0 aliphatic carbocycles. The maximum atomic E-state index is 13.2. The number of rotatable bonds is 12. The lowest BCUT2D eigenvalue weighted by atomic mass is 9.95. The number of likely N-dealkylation sites (N-methyl/N-ethyl adjacent to an activating group) is 1. The summed E-state index contributed by atoms with van der Waals surface area (Å²) in [5.74, 6) is -0.189. The molecule has 0 spiro atoms. The van der Waals surface area contributed by atoms with Gasteiger partial charge in [-0.1, -0.05) is 38.6 Å². The molecule has 7 heteroatoms. The van der Waals surface area contributed by atoms with Gasteiger partial charge in [-0.15, -0.1) is 0 Å². The van der Waals surface area contributed by atoms with Crippen molar-refractivity contribution >= 4 is 17.4 Å². The van der Waals surface area contributed by atoms with E-state index in [2.05, 4.69) is 25.3 Å². The highest BCUT2D eigenvalue weighted by Crippen LogP contribution is 2.40. The third-order valence-electron chi connectivity index (χ3n) is 6.15. The largest absolute Gasteiger partial charge is 0.507 e. The van der Waals surface area contributed by atoms with Gasteiger partial charge in [-0.2, -0.15) is 0 Å². The van der Waals surface area contributed by atoms with Crippen molar-refractivity contribution in [2.75, 3.05) is 32.8 Å². The summed E-state index contributed by atoms with van der Waals surface area (Å²) in [7, 11) is 0. The molecule has 0 aromatic heterocycles. The van der Waals surface area contributed by atoms with Gasteiger partial charge in [0.15, 0.2) is 0 Å². The van der Waals surface area contributed by atoms with E-state index in [4.69, 9.17) is 9.47 Å². The Kier molecular flexibility index (Phi) is 9.31. The Morgan fingerprint density at radius 2 is 1.67 bits per heavy atom. The Morgan fingerprint density at radius 1 is 1.06 bits per heavy atom. The van der Waals surface area contributed by atoms with Crippen LogP contribution in [0.25, 0.3) is 5.76 Å². The molecule has 1 heterocycles. The number of carbonyl (C=O) groups excluding carboxylic acids is 2. The van der Waals surface area contributed by atoms with Gasteiger partial charge in [-0.3, -0.25) is 9.59 Å². The van der Waals surface area contributed by atoms with Gasteiger partial charge in [0.05, 0.1) is 17.7 Å². The van der Waals surface area contributed by atoms with E-state index in [0.717, 1.165) is 18.7 Å². The molecule has 192 valence electrons. The van der Waals surface area contributed by atoms with Gasteiger partial charge in [0, 0.05) is 18.7 Å². The first kappa shape index (κ1) is 27.0. The van der Waals surface area contributed by atoms with E-state index < -0.39 is 17.7 Å². The van der Waals surface area contributed by atoms with Crippen molar-refractivity contribution in [1.29, 1.82) is 0 Å². The number of ether oxygens (including phenoxy) is 2. The third kappa shape index (κ3) is 6.15. The lowest BCUT2D eigenvalue weighted by Gasteiger charge is -2.28. The van der Waals surface area contributed by atoms with E-state index in [1.54, 1.807) is 47.4 Å². The zero-order valence-electron chi connectivity index (χ0n) is 21.6. The molecule has 0 saturated carbocycles. The molecular weight excluding hydrogens is 456 g/mol. The smallest absolute Gasteiger partial charge is 0.295 e. The Labute approximate surface area is 213 Å². The first-order chi connectivity index (χ1) is 17.3. The molecule has 1 atom stereocenters. The van der Waals surface area contributed by atoms with Crippen LogP contribution in [0.2, 0.25) is 0 Å². The van der Waals surface area contributed by atoms with E-state index >= 15 is 0 Å². The molecule has 0 bridgehead atoms. The highest BCUT2D eigenvalue weighted by molar-refractivity contribution is 6.46. The summed E-state index contributed by atoms with van der Waals surface area (Å²) in [5.41, 5.74) is 1.25. The molecule has 36 heavy (non-hydrogen) atoms. The van der Waals surface area contributed by atoms with Crippen LogP contribution in [-0.4, -0.2) is 65.5 Å². The molecule has 1 N–H and O–H groups in total. The lowest BCUT2D eigenvalue weighted by molar-refractivity contribution is -0.140. The van der Waals surface area contributed by atoms with E-state index in [9.17, 15) is 14.7 Å². The van der Waals surface area contributed by atoms with Crippen LogP contribution in [0, 0.1) is 0 Å². The first-order valence-electron chi connectivity index (χ1n) is 12.4. The number of carbonyl (C=O) groups is 2. The molecule has 0 radical (unpaired) electrons. The molecule has 3 rings (SSSR count). The quantitative estimate of drug-likeness (QED) is 0.198. The average Bonchev–Trinajstić information content (AvgIpc) is 3.13. The summed E-state index contributed by atoms with van der Waals surface area (Å²) >= 11 is 0. The summed E-state index contributed by atoms with van der Waals surface area (Å²) in [6.07, 6.45) is 1.67. The Balaban J connectivity index is 2.03. The van der Waals surface area contributed by atoms with Crippen LogP contribution in [-0.2, 0) is 9.59 Å². The van der Waals surface area contributed by atoms with Crippen LogP contribution in [0.4, 0.5) is 0 Å². The number of amides is 1. The van der Waals surface area contributed by atoms with Gasteiger partial charge in [0.1, 0.15) is 23.9 Å². The minimum Gasteiger partial charge on any atom is -0.507 e. The van der Waals surface area contributed by atoms with Crippen molar-refractivity contribution in [3.8, 4) is 11.5 Å². The van der Waals surface area contributed by atoms with Crippen molar-refractivity contribution in [3.63, 3.8) is 0 Å². The molecule has 1 fully saturated rings. The fourth-order valence-electron chi connectivity index (χ4n) is 4.27. The number of aliphatic hydroxyl groups is 1. The van der Waals surface area contributed by atoms with Gasteiger partial charge in [0.25, 0.3) is 11.7 Å². The van der Waals surface area contributed by atoms with Gasteiger partial charge in [-0.05, 0) is 68.9 Å². The van der Waals surface area contributed by atoms with Gasteiger partial charge < -0.3 is 24.4 Å². The van der Waals surface area contributed by atoms with Crippen LogP contribution < -0.4 is 9.47 Å². The summed E-state index contributed by atoms with van der Waals surface area (Å²) in [6.45, 7) is 14.7. The Bertz CT molecular complexity index is 1090. The van der Waals surface area contributed by atoms with E-state index in [1.165, 1.54) is 0 Å². The highest BCUT2D eigenvalue weighted by atomic mass is 16.5. The number of ketones is 1. The number of hydrogen-bond donors (Lipinski definition) is 1. The number of nitrogens with zero attached hydrogens (tertiary/aromatic N) is 2. The summed E-state index contributed by atoms with van der Waals surface area (Å²) in [5, 5.41) is 11.3. The second kappa shape index (κ2) is 12.4. The molecule has 1 amide bonds. The second-order valence-corrected chi connectivity index (χ2v) is 8.88. The number of benzene rings is 2. The fourth-order valence-corrected chi connectivity index (χ4v) is 4.27. The molecule has 2 aromatic rings.